The van der Waals surface area contributed by atoms with Crippen LogP contribution in [0.3, 0.4) is 0 Å². The predicted molar refractivity (Wildman–Crippen MR) is 206 cm³/mol. The summed E-state index contributed by atoms with van der Waals surface area (Å²) in [6, 6.07) is 29.2. The second kappa shape index (κ2) is 17.3. The molecule has 0 fully saturated rings. The summed E-state index contributed by atoms with van der Waals surface area (Å²) >= 11 is 0. The lowest BCUT2D eigenvalue weighted by Gasteiger charge is -2.30. The summed E-state index contributed by atoms with van der Waals surface area (Å²) in [7, 11) is 0. The molecule has 4 aromatic carbocycles. The van der Waals surface area contributed by atoms with E-state index in [1.165, 1.54) is 22.3 Å². The van der Waals surface area contributed by atoms with E-state index in [1.54, 1.807) is 13.8 Å². The first-order chi connectivity index (χ1) is 26.6. The van der Waals surface area contributed by atoms with Gasteiger partial charge in [0.05, 0.1) is 18.6 Å². The van der Waals surface area contributed by atoms with Gasteiger partial charge in [-0.1, -0.05) is 73.8 Å². The Kier molecular flexibility index (Phi) is 12.1. The van der Waals surface area contributed by atoms with Crippen molar-refractivity contribution in [3.05, 3.63) is 131 Å². The molecule has 1 spiro atoms. The van der Waals surface area contributed by atoms with E-state index in [1.807, 2.05) is 24.3 Å². The van der Waals surface area contributed by atoms with Gasteiger partial charge in [-0.3, -0.25) is 9.59 Å². The van der Waals surface area contributed by atoms with Crippen molar-refractivity contribution < 1.29 is 47.6 Å². The van der Waals surface area contributed by atoms with Crippen molar-refractivity contribution in [1.82, 2.24) is 0 Å². The molecule has 2 aliphatic rings. The number of esters is 4. The van der Waals surface area contributed by atoms with Crippen LogP contribution in [0.1, 0.15) is 61.8 Å². The molecule has 4 aromatic rings. The van der Waals surface area contributed by atoms with Crippen molar-refractivity contribution in [3.63, 3.8) is 0 Å². The number of carbonyl (C=O) groups is 4. The van der Waals surface area contributed by atoms with Gasteiger partial charge in [0.25, 0.3) is 0 Å². The van der Waals surface area contributed by atoms with E-state index < -0.39 is 29.3 Å². The Bertz CT molecular complexity index is 1980. The summed E-state index contributed by atoms with van der Waals surface area (Å²) in [6.07, 6.45) is 0.936. The van der Waals surface area contributed by atoms with Crippen LogP contribution in [0.15, 0.2) is 109 Å². The summed E-state index contributed by atoms with van der Waals surface area (Å²) in [5.41, 5.74) is 9.03. The second-order valence-electron chi connectivity index (χ2n) is 13.4. The summed E-state index contributed by atoms with van der Waals surface area (Å²) < 4.78 is 32.9. The number of fused-ring (bicyclic) bond motifs is 10. The first-order valence-electron chi connectivity index (χ1n) is 18.3. The molecule has 0 N–H and O–H groups in total. The lowest BCUT2D eigenvalue weighted by atomic mass is 9.70. The molecule has 0 radical (unpaired) electrons. The number of carbonyl (C=O) groups excluding carboxylic acids is 4. The Balaban J connectivity index is 1.15. The summed E-state index contributed by atoms with van der Waals surface area (Å²) in [5, 5.41) is 0. The van der Waals surface area contributed by atoms with E-state index in [2.05, 4.69) is 73.8 Å². The highest BCUT2D eigenvalue weighted by molar-refractivity contribution is 5.95. The van der Waals surface area contributed by atoms with Gasteiger partial charge in [0.1, 0.15) is 37.9 Å². The van der Waals surface area contributed by atoms with Gasteiger partial charge >= 0.3 is 23.9 Å². The van der Waals surface area contributed by atoms with Crippen LogP contribution in [0.4, 0.5) is 0 Å². The molecule has 0 amide bonds. The van der Waals surface area contributed by atoms with Gasteiger partial charge in [-0.05, 0) is 95.5 Å². The molecule has 0 atom stereocenters. The first-order valence-corrected chi connectivity index (χ1v) is 18.3. The van der Waals surface area contributed by atoms with Gasteiger partial charge in [0.2, 0.25) is 0 Å². The zero-order valence-electron chi connectivity index (χ0n) is 31.2. The molecule has 0 aromatic heterocycles. The summed E-state index contributed by atoms with van der Waals surface area (Å²) in [5.74, 6) is -0.525. The van der Waals surface area contributed by atoms with Gasteiger partial charge in [-0.2, -0.15) is 0 Å². The Morgan fingerprint density at radius 1 is 0.491 bits per heavy atom. The Hall–Kier alpha value is -6.16. The Labute approximate surface area is 320 Å². The molecule has 0 saturated carbocycles. The highest BCUT2D eigenvalue weighted by Gasteiger charge is 2.51. The van der Waals surface area contributed by atoms with Crippen molar-refractivity contribution in [1.29, 1.82) is 0 Å². The Morgan fingerprint density at radius 2 is 0.891 bits per heavy atom. The number of benzene rings is 4. The first kappa shape index (κ1) is 38.6. The zero-order valence-corrected chi connectivity index (χ0v) is 31.2. The largest absolute Gasteiger partial charge is 0.490 e. The third kappa shape index (κ3) is 8.33. The average Bonchev–Trinajstić information content (AvgIpc) is 3.64. The molecule has 0 unspecified atom stereocenters. The second-order valence-corrected chi connectivity index (χ2v) is 13.4. The summed E-state index contributed by atoms with van der Waals surface area (Å²) in [4.78, 5) is 47.5. The summed E-state index contributed by atoms with van der Waals surface area (Å²) in [6.45, 7) is 10.9. The minimum absolute atomic E-state index is 0.0633. The van der Waals surface area contributed by atoms with Crippen molar-refractivity contribution in [2.24, 2.45) is 0 Å². The van der Waals surface area contributed by atoms with Crippen molar-refractivity contribution in [2.45, 2.75) is 44.9 Å². The third-order valence-corrected chi connectivity index (χ3v) is 9.48. The molecular formula is C45H44O10. The molecule has 6 rings (SSSR count). The maximum Gasteiger partial charge on any atom is 0.333 e. The minimum Gasteiger partial charge on any atom is -0.490 e. The topological polar surface area (TPSA) is 124 Å². The fraction of sp³-hybridized carbons (Fsp3) is 0.289. The average molecular weight is 745 g/mol. The predicted octanol–water partition coefficient (Wildman–Crippen LogP) is 7.67. The normalized spacial score (nSPS) is 12.4. The van der Waals surface area contributed by atoms with Crippen LogP contribution in [0.2, 0.25) is 0 Å². The molecule has 0 aliphatic heterocycles. The molecule has 10 heteroatoms. The minimum atomic E-state index is -0.558. The van der Waals surface area contributed by atoms with Crippen LogP contribution in [0.25, 0.3) is 22.3 Å². The van der Waals surface area contributed by atoms with Crippen LogP contribution in [-0.2, 0) is 43.5 Å². The maximum atomic E-state index is 12.2. The van der Waals surface area contributed by atoms with E-state index >= 15 is 0 Å². The number of rotatable bonds is 18. The van der Waals surface area contributed by atoms with Crippen molar-refractivity contribution in [3.8, 4) is 33.8 Å². The molecule has 2 aliphatic carbocycles. The van der Waals surface area contributed by atoms with Gasteiger partial charge in [0.15, 0.2) is 0 Å². The molecule has 10 nitrogen and oxygen atoms in total. The van der Waals surface area contributed by atoms with Crippen molar-refractivity contribution >= 4 is 23.9 Å². The van der Waals surface area contributed by atoms with Gasteiger partial charge < -0.3 is 28.4 Å². The van der Waals surface area contributed by atoms with Gasteiger partial charge in [-0.15, -0.1) is 0 Å². The van der Waals surface area contributed by atoms with Crippen LogP contribution >= 0.6 is 0 Å². The standard InChI is InChI=1S/C45H44O10/c1-29(2)43(48)54-21-9-15-41(46)52-25-23-50-31-17-19-39-35(27-31)36-28-32(51-24-26-53-42(47)16-10-22-55-44(49)30(3)4)18-20-40(36)45(39)37-13-7-5-11-33(37)34-12-6-8-14-38(34)45/h5-8,11-14,17-20,27-28H,1,3,9-10,15-16,21-26H2,2,4H3. The van der Waals surface area contributed by atoms with Crippen LogP contribution < -0.4 is 9.47 Å². The maximum absolute atomic E-state index is 12.2. The molecule has 284 valence electrons. The van der Waals surface area contributed by atoms with Gasteiger partial charge in [-0.25, -0.2) is 9.59 Å². The molecule has 55 heavy (non-hydrogen) atoms. The smallest absolute Gasteiger partial charge is 0.333 e. The molecule has 0 saturated heterocycles. The molecule has 0 heterocycles. The van der Waals surface area contributed by atoms with Crippen molar-refractivity contribution in [2.75, 3.05) is 39.6 Å². The van der Waals surface area contributed by atoms with Crippen LogP contribution in [0, 0.1) is 0 Å². The lowest BCUT2D eigenvalue weighted by molar-refractivity contribution is -0.146. The lowest BCUT2D eigenvalue weighted by Crippen LogP contribution is -2.25. The fourth-order valence-electron chi connectivity index (χ4n) is 7.07. The van der Waals surface area contributed by atoms with E-state index in [0.29, 0.717) is 35.5 Å². The fourth-order valence-corrected chi connectivity index (χ4v) is 7.07. The number of ether oxygens (including phenoxy) is 6. The van der Waals surface area contributed by atoms with E-state index in [4.69, 9.17) is 28.4 Å². The quantitative estimate of drug-likeness (QED) is 0.0375. The molecule has 0 bridgehead atoms. The monoisotopic (exact) mass is 744 g/mol. The highest BCUT2D eigenvalue weighted by Crippen LogP contribution is 2.63. The van der Waals surface area contributed by atoms with Gasteiger partial charge in [0, 0.05) is 24.0 Å². The third-order valence-electron chi connectivity index (χ3n) is 9.48. The van der Waals surface area contributed by atoms with Crippen LogP contribution in [0.5, 0.6) is 11.5 Å². The van der Waals surface area contributed by atoms with E-state index in [9.17, 15) is 19.2 Å². The number of hydrogen-bond acceptors (Lipinski definition) is 10. The Morgan fingerprint density at radius 3 is 1.31 bits per heavy atom. The van der Waals surface area contributed by atoms with E-state index in [-0.39, 0.29) is 52.5 Å². The zero-order chi connectivity index (χ0) is 39.0. The highest BCUT2D eigenvalue weighted by atomic mass is 16.6. The molecular weight excluding hydrogens is 700 g/mol. The van der Waals surface area contributed by atoms with Crippen LogP contribution in [-0.4, -0.2) is 63.5 Å². The number of hydrogen-bond donors (Lipinski definition) is 0. The SMILES string of the molecule is C=C(C)C(=O)OCCCC(=O)OCCOc1ccc2c(c1)-c1cc(OCCOC(=O)CCCOC(=O)C(=C)C)ccc1C21c2ccccc2-c2ccccc21. The van der Waals surface area contributed by atoms with E-state index in [0.717, 1.165) is 22.3 Å².